The van der Waals surface area contributed by atoms with E-state index in [1.807, 2.05) is 22.7 Å². The molecule has 1 aliphatic heterocycles. The molecule has 1 fully saturated rings. The highest BCUT2D eigenvalue weighted by molar-refractivity contribution is 7.99. The van der Waals surface area contributed by atoms with Gasteiger partial charge in [0.1, 0.15) is 5.92 Å². The van der Waals surface area contributed by atoms with Crippen LogP contribution in [0.4, 0.5) is 0 Å². The smallest absolute Gasteiger partial charge is 0.239 e. The lowest BCUT2D eigenvalue weighted by molar-refractivity contribution is -0.133. The molecule has 1 saturated heterocycles. The highest BCUT2D eigenvalue weighted by Crippen LogP contribution is 2.12. The Balaban J connectivity index is 2.49. The van der Waals surface area contributed by atoms with Crippen molar-refractivity contribution >= 4 is 17.7 Å². The molecule has 1 amide bonds. The first kappa shape index (κ1) is 10.4. The number of hydrogen-bond acceptors (Lipinski definition) is 3. The van der Waals surface area contributed by atoms with Crippen molar-refractivity contribution in [2.24, 2.45) is 5.92 Å². The molecule has 0 radical (unpaired) electrons. The molecule has 0 spiro atoms. The van der Waals surface area contributed by atoms with E-state index in [0.717, 1.165) is 31.0 Å². The molecule has 1 heterocycles. The highest BCUT2D eigenvalue weighted by atomic mass is 32.2. The fourth-order valence-corrected chi connectivity index (χ4v) is 2.18. The first-order valence-corrected chi connectivity index (χ1v) is 5.67. The number of rotatable bonds is 1. The Morgan fingerprint density at radius 3 is 3.00 bits per heavy atom. The van der Waals surface area contributed by atoms with Crippen molar-refractivity contribution in [3.63, 3.8) is 0 Å². The third kappa shape index (κ3) is 2.92. The van der Waals surface area contributed by atoms with Crippen molar-refractivity contribution in [2.45, 2.75) is 13.3 Å². The van der Waals surface area contributed by atoms with Gasteiger partial charge in [-0.05, 0) is 19.1 Å². The minimum atomic E-state index is -0.483. The maximum atomic E-state index is 11.6. The molecule has 1 aliphatic rings. The van der Waals surface area contributed by atoms with E-state index in [9.17, 15) is 4.79 Å². The number of carbonyl (C=O) groups is 1. The first-order chi connectivity index (χ1) is 6.25. The lowest BCUT2D eigenvalue weighted by atomic mass is 10.2. The van der Waals surface area contributed by atoms with Gasteiger partial charge < -0.3 is 4.90 Å². The lowest BCUT2D eigenvalue weighted by Crippen LogP contribution is -2.36. The summed E-state index contributed by atoms with van der Waals surface area (Å²) in [5, 5.41) is 8.60. The fraction of sp³-hybridized carbons (Fsp3) is 0.778. The summed E-state index contributed by atoms with van der Waals surface area (Å²) in [6, 6.07) is 1.98. The van der Waals surface area contributed by atoms with Crippen LogP contribution in [-0.2, 0) is 4.79 Å². The first-order valence-electron chi connectivity index (χ1n) is 4.52. The average molecular weight is 198 g/mol. The molecule has 0 saturated carbocycles. The zero-order valence-electron chi connectivity index (χ0n) is 7.82. The summed E-state index contributed by atoms with van der Waals surface area (Å²) >= 11 is 1.88. The van der Waals surface area contributed by atoms with Gasteiger partial charge in [0.2, 0.25) is 5.91 Å². The maximum Gasteiger partial charge on any atom is 0.239 e. The zero-order chi connectivity index (χ0) is 9.68. The molecule has 72 valence electrons. The van der Waals surface area contributed by atoms with Crippen LogP contribution in [0.2, 0.25) is 0 Å². The molecule has 0 N–H and O–H groups in total. The molecule has 0 aromatic heterocycles. The van der Waals surface area contributed by atoms with Crippen LogP contribution in [0.5, 0.6) is 0 Å². The Morgan fingerprint density at radius 1 is 1.54 bits per heavy atom. The van der Waals surface area contributed by atoms with Crippen LogP contribution in [0.1, 0.15) is 13.3 Å². The molecule has 3 nitrogen and oxygen atoms in total. The van der Waals surface area contributed by atoms with Crippen LogP contribution in [0.25, 0.3) is 0 Å². The zero-order valence-corrected chi connectivity index (χ0v) is 8.64. The minimum Gasteiger partial charge on any atom is -0.341 e. The van der Waals surface area contributed by atoms with Gasteiger partial charge in [-0.3, -0.25) is 4.79 Å². The molecule has 0 bridgehead atoms. The van der Waals surface area contributed by atoms with E-state index in [-0.39, 0.29) is 5.91 Å². The van der Waals surface area contributed by atoms with Gasteiger partial charge >= 0.3 is 0 Å². The quantitative estimate of drug-likeness (QED) is 0.634. The van der Waals surface area contributed by atoms with Gasteiger partial charge in [0.25, 0.3) is 0 Å². The summed E-state index contributed by atoms with van der Waals surface area (Å²) in [7, 11) is 0. The van der Waals surface area contributed by atoms with Crippen LogP contribution in [0, 0.1) is 17.2 Å². The molecule has 1 atom stereocenters. The molecule has 1 unspecified atom stereocenters. The van der Waals surface area contributed by atoms with Gasteiger partial charge in [0.15, 0.2) is 0 Å². The molecule has 0 aromatic carbocycles. The summed E-state index contributed by atoms with van der Waals surface area (Å²) in [6.07, 6.45) is 1.05. The molecular formula is C9H14N2OS. The number of hydrogen-bond donors (Lipinski definition) is 0. The largest absolute Gasteiger partial charge is 0.341 e. The van der Waals surface area contributed by atoms with E-state index in [2.05, 4.69) is 0 Å². The Morgan fingerprint density at radius 2 is 2.31 bits per heavy atom. The number of nitrogens with zero attached hydrogens (tertiary/aromatic N) is 2. The Bertz CT molecular complexity index is 216. The van der Waals surface area contributed by atoms with E-state index >= 15 is 0 Å². The molecule has 1 rings (SSSR count). The lowest BCUT2D eigenvalue weighted by Gasteiger charge is -2.20. The number of carbonyl (C=O) groups excluding carboxylic acids is 1. The monoisotopic (exact) mass is 198 g/mol. The van der Waals surface area contributed by atoms with Gasteiger partial charge in [-0.1, -0.05) is 0 Å². The molecule has 13 heavy (non-hydrogen) atoms. The molecular weight excluding hydrogens is 184 g/mol. The maximum absolute atomic E-state index is 11.6. The van der Waals surface area contributed by atoms with Crippen molar-refractivity contribution in [3.8, 4) is 6.07 Å². The third-order valence-corrected chi connectivity index (χ3v) is 3.15. The SMILES string of the molecule is CC(C#N)C(=O)N1CCCSCC1. The fourth-order valence-electron chi connectivity index (χ4n) is 1.30. The predicted molar refractivity (Wildman–Crippen MR) is 53.3 cm³/mol. The number of thioether (sulfide) groups is 1. The van der Waals surface area contributed by atoms with Crippen LogP contribution in [-0.4, -0.2) is 35.4 Å². The second-order valence-electron chi connectivity index (χ2n) is 3.14. The number of amides is 1. The van der Waals surface area contributed by atoms with Crippen LogP contribution in [0.15, 0.2) is 0 Å². The van der Waals surface area contributed by atoms with Gasteiger partial charge in [0, 0.05) is 18.8 Å². The summed E-state index contributed by atoms with van der Waals surface area (Å²) in [6.45, 7) is 3.29. The van der Waals surface area contributed by atoms with Crippen molar-refractivity contribution in [3.05, 3.63) is 0 Å². The topological polar surface area (TPSA) is 44.1 Å². The summed E-state index contributed by atoms with van der Waals surface area (Å²) in [5.74, 6) is 1.64. The van der Waals surface area contributed by atoms with Crippen molar-refractivity contribution < 1.29 is 4.79 Å². The molecule has 0 aromatic rings. The Hall–Kier alpha value is -0.690. The van der Waals surface area contributed by atoms with Gasteiger partial charge in [-0.25, -0.2) is 0 Å². The Labute approximate surface area is 83.1 Å². The number of nitriles is 1. The van der Waals surface area contributed by atoms with E-state index in [1.165, 1.54) is 0 Å². The third-order valence-electron chi connectivity index (χ3n) is 2.10. The van der Waals surface area contributed by atoms with Crippen molar-refractivity contribution in [1.29, 1.82) is 5.26 Å². The van der Waals surface area contributed by atoms with Crippen molar-refractivity contribution in [2.75, 3.05) is 24.6 Å². The molecule has 4 heteroatoms. The van der Waals surface area contributed by atoms with E-state index in [0.29, 0.717) is 0 Å². The van der Waals surface area contributed by atoms with Gasteiger partial charge in [-0.2, -0.15) is 17.0 Å². The summed E-state index contributed by atoms with van der Waals surface area (Å²) in [5.41, 5.74) is 0. The second kappa shape index (κ2) is 5.13. The second-order valence-corrected chi connectivity index (χ2v) is 4.37. The molecule has 0 aliphatic carbocycles. The van der Waals surface area contributed by atoms with E-state index in [1.54, 1.807) is 6.92 Å². The normalized spacial score (nSPS) is 20.2. The minimum absolute atomic E-state index is 0.00926. The highest BCUT2D eigenvalue weighted by Gasteiger charge is 2.20. The average Bonchev–Trinajstić information content (AvgIpc) is 2.43. The van der Waals surface area contributed by atoms with E-state index in [4.69, 9.17) is 5.26 Å². The summed E-state index contributed by atoms with van der Waals surface area (Å²) < 4.78 is 0. The summed E-state index contributed by atoms with van der Waals surface area (Å²) in [4.78, 5) is 13.4. The predicted octanol–water partition coefficient (Wildman–Crippen LogP) is 1.11. The Kier molecular flexibility index (Phi) is 4.10. The van der Waals surface area contributed by atoms with Crippen molar-refractivity contribution in [1.82, 2.24) is 4.90 Å². The van der Waals surface area contributed by atoms with Gasteiger partial charge in [0.05, 0.1) is 6.07 Å². The van der Waals surface area contributed by atoms with Gasteiger partial charge in [-0.15, -0.1) is 0 Å². The van der Waals surface area contributed by atoms with Crippen LogP contribution < -0.4 is 0 Å². The van der Waals surface area contributed by atoms with E-state index < -0.39 is 5.92 Å². The standard InChI is InChI=1S/C9H14N2OS/c1-8(7-10)9(12)11-3-2-5-13-6-4-11/h8H,2-6H2,1H3. The van der Waals surface area contributed by atoms with Crippen LogP contribution >= 0.6 is 11.8 Å². The van der Waals surface area contributed by atoms with Crippen LogP contribution in [0.3, 0.4) is 0 Å².